The minimum Gasteiger partial charge on any atom is -0.487 e. The second kappa shape index (κ2) is 6.52. The second-order valence-electron chi connectivity index (χ2n) is 3.93. The highest BCUT2D eigenvalue weighted by atomic mass is 79.9. The van der Waals surface area contributed by atoms with Crippen LogP contribution in [0.5, 0.6) is 5.75 Å². The summed E-state index contributed by atoms with van der Waals surface area (Å²) >= 11 is 3.36. The highest BCUT2D eigenvalue weighted by molar-refractivity contribution is 9.10. The zero-order valence-electron chi connectivity index (χ0n) is 10.2. The molecule has 0 bridgehead atoms. The molecule has 2 rings (SSSR count). The van der Waals surface area contributed by atoms with E-state index < -0.39 is 0 Å². The van der Waals surface area contributed by atoms with Crippen molar-refractivity contribution in [2.24, 2.45) is 0 Å². The second-order valence-corrected chi connectivity index (χ2v) is 4.85. The molecule has 0 fully saturated rings. The highest BCUT2D eigenvalue weighted by Crippen LogP contribution is 2.15. The van der Waals surface area contributed by atoms with Gasteiger partial charge in [0.05, 0.1) is 5.69 Å². The standard InChI is InChI=1S/C14H15BrN2O/c1-16-8-11-3-2-4-14(7-11)18-10-13-6-5-12(15)9-17-13/h2-7,9,16H,8,10H2,1H3. The monoisotopic (exact) mass is 306 g/mol. The maximum atomic E-state index is 5.71. The fraction of sp³-hybridized carbons (Fsp3) is 0.214. The maximum Gasteiger partial charge on any atom is 0.130 e. The van der Waals surface area contributed by atoms with Crippen molar-refractivity contribution in [1.82, 2.24) is 10.3 Å². The van der Waals surface area contributed by atoms with Gasteiger partial charge < -0.3 is 10.1 Å². The van der Waals surface area contributed by atoms with E-state index in [1.165, 1.54) is 5.56 Å². The van der Waals surface area contributed by atoms with Crippen LogP contribution in [-0.2, 0) is 13.2 Å². The zero-order valence-corrected chi connectivity index (χ0v) is 11.8. The Morgan fingerprint density at radius 3 is 2.89 bits per heavy atom. The Balaban J connectivity index is 1.97. The van der Waals surface area contributed by atoms with E-state index in [0.717, 1.165) is 22.5 Å². The predicted octanol–water partition coefficient (Wildman–Crippen LogP) is 3.14. The van der Waals surface area contributed by atoms with Crippen LogP contribution in [0.25, 0.3) is 0 Å². The third kappa shape index (κ3) is 3.82. The summed E-state index contributed by atoms with van der Waals surface area (Å²) in [6.45, 7) is 1.32. The molecule has 0 spiro atoms. The predicted molar refractivity (Wildman–Crippen MR) is 75.5 cm³/mol. The largest absolute Gasteiger partial charge is 0.487 e. The molecule has 4 heteroatoms. The first-order valence-corrected chi connectivity index (χ1v) is 6.54. The molecule has 2 aromatic rings. The summed E-state index contributed by atoms with van der Waals surface area (Å²) in [5.41, 5.74) is 2.12. The number of halogens is 1. The Morgan fingerprint density at radius 1 is 1.28 bits per heavy atom. The zero-order chi connectivity index (χ0) is 12.8. The molecule has 94 valence electrons. The van der Waals surface area contributed by atoms with Crippen molar-refractivity contribution >= 4 is 15.9 Å². The molecule has 0 radical (unpaired) electrons. The van der Waals surface area contributed by atoms with Gasteiger partial charge in [0.2, 0.25) is 0 Å². The number of benzene rings is 1. The van der Waals surface area contributed by atoms with E-state index >= 15 is 0 Å². The number of hydrogen-bond acceptors (Lipinski definition) is 3. The van der Waals surface area contributed by atoms with E-state index in [-0.39, 0.29) is 0 Å². The number of nitrogens with one attached hydrogen (secondary N) is 1. The van der Waals surface area contributed by atoms with Crippen LogP contribution in [0, 0.1) is 0 Å². The summed E-state index contributed by atoms with van der Waals surface area (Å²) in [4.78, 5) is 4.27. The first-order chi connectivity index (χ1) is 8.78. The van der Waals surface area contributed by atoms with E-state index in [1.807, 2.05) is 37.4 Å². The SMILES string of the molecule is CNCc1cccc(OCc2ccc(Br)cn2)c1. The molecule has 1 N–H and O–H groups in total. The smallest absolute Gasteiger partial charge is 0.130 e. The van der Waals surface area contributed by atoms with Gasteiger partial charge in [0.1, 0.15) is 12.4 Å². The van der Waals surface area contributed by atoms with Crippen molar-refractivity contribution in [3.05, 3.63) is 58.3 Å². The van der Waals surface area contributed by atoms with Gasteiger partial charge in [-0.3, -0.25) is 4.98 Å². The Hall–Kier alpha value is -1.39. The number of aromatic nitrogens is 1. The van der Waals surface area contributed by atoms with Crippen molar-refractivity contribution in [2.75, 3.05) is 7.05 Å². The lowest BCUT2D eigenvalue weighted by atomic mass is 10.2. The van der Waals surface area contributed by atoms with Gasteiger partial charge in [-0.2, -0.15) is 0 Å². The van der Waals surface area contributed by atoms with E-state index in [2.05, 4.69) is 32.3 Å². The van der Waals surface area contributed by atoms with Crippen LogP contribution in [0.3, 0.4) is 0 Å². The van der Waals surface area contributed by atoms with Crippen LogP contribution in [0.15, 0.2) is 47.1 Å². The van der Waals surface area contributed by atoms with Gasteiger partial charge in [-0.15, -0.1) is 0 Å². The van der Waals surface area contributed by atoms with Crippen molar-refractivity contribution < 1.29 is 4.74 Å². The van der Waals surface area contributed by atoms with Gasteiger partial charge in [-0.1, -0.05) is 12.1 Å². The molecule has 0 unspecified atom stereocenters. The minimum atomic E-state index is 0.482. The van der Waals surface area contributed by atoms with Gasteiger partial charge >= 0.3 is 0 Å². The lowest BCUT2D eigenvalue weighted by Crippen LogP contribution is -2.05. The van der Waals surface area contributed by atoms with Gasteiger partial charge in [0.15, 0.2) is 0 Å². The molecule has 0 aliphatic heterocycles. The van der Waals surface area contributed by atoms with E-state index in [1.54, 1.807) is 6.20 Å². The van der Waals surface area contributed by atoms with Crippen LogP contribution >= 0.6 is 15.9 Å². The van der Waals surface area contributed by atoms with Crippen molar-refractivity contribution in [3.8, 4) is 5.75 Å². The number of nitrogens with zero attached hydrogens (tertiary/aromatic N) is 1. The summed E-state index contributed by atoms with van der Waals surface area (Å²) in [7, 11) is 1.93. The van der Waals surface area contributed by atoms with Crippen LogP contribution in [0.2, 0.25) is 0 Å². The molecule has 18 heavy (non-hydrogen) atoms. The quantitative estimate of drug-likeness (QED) is 0.921. The third-order valence-electron chi connectivity index (χ3n) is 2.45. The lowest BCUT2D eigenvalue weighted by molar-refractivity contribution is 0.301. The van der Waals surface area contributed by atoms with Crippen LogP contribution in [0.4, 0.5) is 0 Å². The Morgan fingerprint density at radius 2 is 2.17 bits per heavy atom. The fourth-order valence-electron chi connectivity index (χ4n) is 1.60. The number of rotatable bonds is 5. The molecule has 1 heterocycles. The molecule has 1 aromatic carbocycles. The molecule has 3 nitrogen and oxygen atoms in total. The summed E-state index contributed by atoms with van der Waals surface area (Å²) in [5.74, 6) is 0.868. The summed E-state index contributed by atoms with van der Waals surface area (Å²) in [5, 5.41) is 3.12. The number of hydrogen-bond donors (Lipinski definition) is 1. The Bertz CT molecular complexity index is 499. The van der Waals surface area contributed by atoms with Crippen molar-refractivity contribution in [1.29, 1.82) is 0 Å². The fourth-order valence-corrected chi connectivity index (χ4v) is 1.83. The normalized spacial score (nSPS) is 10.3. The molecule has 1 aromatic heterocycles. The first kappa shape index (κ1) is 13.1. The van der Waals surface area contributed by atoms with E-state index in [0.29, 0.717) is 6.61 Å². The van der Waals surface area contributed by atoms with Crippen LogP contribution < -0.4 is 10.1 Å². The molecular formula is C14H15BrN2O. The first-order valence-electron chi connectivity index (χ1n) is 5.74. The van der Waals surface area contributed by atoms with Gasteiger partial charge in [-0.25, -0.2) is 0 Å². The van der Waals surface area contributed by atoms with Crippen LogP contribution in [-0.4, -0.2) is 12.0 Å². The average Bonchev–Trinajstić information content (AvgIpc) is 2.39. The molecule has 0 saturated heterocycles. The van der Waals surface area contributed by atoms with Crippen LogP contribution in [0.1, 0.15) is 11.3 Å². The summed E-state index contributed by atoms with van der Waals surface area (Å²) < 4.78 is 6.69. The Labute approximate surface area is 115 Å². The molecule has 0 aliphatic rings. The topological polar surface area (TPSA) is 34.1 Å². The average molecular weight is 307 g/mol. The molecule has 0 atom stereocenters. The van der Waals surface area contributed by atoms with E-state index in [9.17, 15) is 0 Å². The van der Waals surface area contributed by atoms with Gasteiger partial charge in [0.25, 0.3) is 0 Å². The summed E-state index contributed by atoms with van der Waals surface area (Å²) in [6.07, 6.45) is 1.77. The molecule has 0 amide bonds. The lowest BCUT2D eigenvalue weighted by Gasteiger charge is -2.07. The third-order valence-corrected chi connectivity index (χ3v) is 2.92. The Kier molecular flexibility index (Phi) is 4.73. The maximum absolute atomic E-state index is 5.71. The van der Waals surface area contributed by atoms with E-state index in [4.69, 9.17) is 4.74 Å². The molecule has 0 saturated carbocycles. The molecular weight excluding hydrogens is 292 g/mol. The molecule has 0 aliphatic carbocycles. The van der Waals surface area contributed by atoms with Crippen molar-refractivity contribution in [3.63, 3.8) is 0 Å². The minimum absolute atomic E-state index is 0.482. The highest BCUT2D eigenvalue weighted by Gasteiger charge is 1.99. The number of ether oxygens (including phenoxy) is 1. The summed E-state index contributed by atoms with van der Waals surface area (Å²) in [6, 6.07) is 12.0. The van der Waals surface area contributed by atoms with Gasteiger partial charge in [-0.05, 0) is 52.8 Å². The van der Waals surface area contributed by atoms with Gasteiger partial charge in [0, 0.05) is 17.2 Å². The van der Waals surface area contributed by atoms with Crippen molar-refractivity contribution in [2.45, 2.75) is 13.2 Å². The number of pyridine rings is 1.